The molecule has 2 heterocycles. The van der Waals surface area contributed by atoms with Crippen molar-refractivity contribution < 1.29 is 0 Å². The zero-order valence-corrected chi connectivity index (χ0v) is 18.2. The van der Waals surface area contributed by atoms with Crippen molar-refractivity contribution in [1.82, 2.24) is 19.0 Å². The van der Waals surface area contributed by atoms with Crippen LogP contribution in [0.25, 0.3) is 11.0 Å². The van der Waals surface area contributed by atoms with E-state index in [4.69, 9.17) is 5.73 Å². The molecular weight excluding hydrogens is 364 g/mol. The third-order valence-corrected chi connectivity index (χ3v) is 4.32. The highest BCUT2D eigenvalue weighted by Gasteiger charge is 2.17. The minimum Gasteiger partial charge on any atom is -0.355 e. The number of rotatable bonds is 11. The second kappa shape index (κ2) is 13.5. The van der Waals surface area contributed by atoms with Gasteiger partial charge in [0.15, 0.2) is 0 Å². The first-order valence-electron chi connectivity index (χ1n) is 10.4. The molecule has 0 radical (unpaired) electrons. The van der Waals surface area contributed by atoms with Crippen LogP contribution in [-0.4, -0.2) is 51.0 Å². The molecule has 7 nitrogen and oxygen atoms in total. The molecule has 0 unspecified atom stereocenters. The van der Waals surface area contributed by atoms with Crippen LogP contribution in [0.1, 0.15) is 33.6 Å². The molecule has 0 aliphatic rings. The van der Waals surface area contributed by atoms with E-state index in [1.807, 2.05) is 26.0 Å². The SMILES string of the molecule is C=CCN=C(Cn1c(=O)n(CCC)c2ccncc21)N(CC=C)CCCN.CC. The highest BCUT2D eigenvalue weighted by molar-refractivity contribution is 5.84. The molecule has 29 heavy (non-hydrogen) atoms. The van der Waals surface area contributed by atoms with E-state index in [1.54, 1.807) is 27.6 Å². The molecule has 0 fully saturated rings. The Morgan fingerprint density at radius 1 is 1.28 bits per heavy atom. The Hall–Kier alpha value is -2.67. The largest absolute Gasteiger partial charge is 0.355 e. The molecule has 0 bridgehead atoms. The fourth-order valence-corrected chi connectivity index (χ4v) is 3.08. The number of hydrogen-bond acceptors (Lipinski definition) is 4. The first-order valence-corrected chi connectivity index (χ1v) is 10.4. The van der Waals surface area contributed by atoms with Gasteiger partial charge in [0.1, 0.15) is 5.84 Å². The van der Waals surface area contributed by atoms with Crippen molar-refractivity contribution in [3.05, 3.63) is 54.3 Å². The van der Waals surface area contributed by atoms with Gasteiger partial charge in [-0.3, -0.25) is 19.1 Å². The van der Waals surface area contributed by atoms with E-state index in [-0.39, 0.29) is 5.69 Å². The fourth-order valence-electron chi connectivity index (χ4n) is 3.08. The van der Waals surface area contributed by atoms with E-state index in [9.17, 15) is 4.79 Å². The fraction of sp³-hybridized carbons (Fsp3) is 0.500. The second-order valence-electron chi connectivity index (χ2n) is 6.31. The quantitative estimate of drug-likeness (QED) is 0.357. The Morgan fingerprint density at radius 2 is 2.03 bits per heavy atom. The highest BCUT2D eigenvalue weighted by Crippen LogP contribution is 2.13. The van der Waals surface area contributed by atoms with Crippen molar-refractivity contribution in [3.8, 4) is 0 Å². The zero-order chi connectivity index (χ0) is 21.6. The van der Waals surface area contributed by atoms with Gasteiger partial charge in [-0.2, -0.15) is 0 Å². The number of imidazole rings is 1. The predicted octanol–water partition coefficient (Wildman–Crippen LogP) is 3.06. The van der Waals surface area contributed by atoms with Crippen LogP contribution in [0.5, 0.6) is 0 Å². The molecule has 2 N–H and O–H groups in total. The van der Waals surface area contributed by atoms with Crippen LogP contribution in [0.3, 0.4) is 0 Å². The van der Waals surface area contributed by atoms with Crippen molar-refractivity contribution >= 4 is 16.9 Å². The van der Waals surface area contributed by atoms with Crippen LogP contribution in [0.15, 0.2) is 53.6 Å². The molecule has 0 aliphatic heterocycles. The smallest absolute Gasteiger partial charge is 0.329 e. The summed E-state index contributed by atoms with van der Waals surface area (Å²) in [6.45, 7) is 17.2. The van der Waals surface area contributed by atoms with Crippen LogP contribution in [0, 0.1) is 0 Å². The lowest BCUT2D eigenvalue weighted by Crippen LogP contribution is -2.38. The van der Waals surface area contributed by atoms with Crippen LogP contribution in [0.2, 0.25) is 0 Å². The van der Waals surface area contributed by atoms with Crippen molar-refractivity contribution in [2.45, 2.75) is 46.7 Å². The van der Waals surface area contributed by atoms with Gasteiger partial charge in [-0.15, -0.1) is 13.2 Å². The Kier molecular flexibility index (Phi) is 11.3. The van der Waals surface area contributed by atoms with Crippen LogP contribution in [-0.2, 0) is 13.1 Å². The molecule has 0 amide bonds. The molecule has 2 aromatic heterocycles. The van der Waals surface area contributed by atoms with Crippen LogP contribution < -0.4 is 11.4 Å². The van der Waals surface area contributed by atoms with Gasteiger partial charge in [-0.05, 0) is 25.5 Å². The normalized spacial score (nSPS) is 11.1. The van der Waals surface area contributed by atoms with Crippen molar-refractivity contribution in [1.29, 1.82) is 0 Å². The van der Waals surface area contributed by atoms with E-state index in [2.05, 4.69) is 35.0 Å². The molecule has 2 rings (SSSR count). The molecule has 2 aromatic rings. The number of amidine groups is 1. The average molecular weight is 401 g/mol. The Labute approximate surface area is 174 Å². The number of aromatic nitrogens is 3. The second-order valence-corrected chi connectivity index (χ2v) is 6.31. The summed E-state index contributed by atoms with van der Waals surface area (Å²) in [5, 5.41) is 0. The highest BCUT2D eigenvalue weighted by atomic mass is 16.1. The summed E-state index contributed by atoms with van der Waals surface area (Å²) in [7, 11) is 0. The third-order valence-electron chi connectivity index (χ3n) is 4.32. The summed E-state index contributed by atoms with van der Waals surface area (Å²) in [4.78, 5) is 24.0. The van der Waals surface area contributed by atoms with Crippen molar-refractivity contribution in [2.75, 3.05) is 26.2 Å². The van der Waals surface area contributed by atoms with E-state index in [0.717, 1.165) is 36.3 Å². The number of pyridine rings is 1. The summed E-state index contributed by atoms with van der Waals surface area (Å²) in [6, 6.07) is 1.89. The number of aryl methyl sites for hydroxylation is 1. The van der Waals surface area contributed by atoms with Crippen molar-refractivity contribution in [3.63, 3.8) is 0 Å². The molecule has 0 aromatic carbocycles. The summed E-state index contributed by atoms with van der Waals surface area (Å²) < 4.78 is 3.55. The minimum absolute atomic E-state index is 0.0384. The summed E-state index contributed by atoms with van der Waals surface area (Å²) in [5.41, 5.74) is 7.37. The molecule has 0 saturated carbocycles. The van der Waals surface area contributed by atoms with E-state index < -0.39 is 0 Å². The summed E-state index contributed by atoms with van der Waals surface area (Å²) in [5.74, 6) is 0.824. The number of fused-ring (bicyclic) bond motifs is 1. The summed E-state index contributed by atoms with van der Waals surface area (Å²) in [6.07, 6.45) is 8.78. The zero-order valence-electron chi connectivity index (χ0n) is 18.2. The maximum absolute atomic E-state index is 13.0. The molecule has 7 heteroatoms. The molecule has 0 aliphatic carbocycles. The van der Waals surface area contributed by atoms with Gasteiger partial charge in [0.2, 0.25) is 0 Å². The van der Waals surface area contributed by atoms with Crippen LogP contribution in [0.4, 0.5) is 0 Å². The van der Waals surface area contributed by atoms with E-state index in [1.165, 1.54) is 0 Å². The van der Waals surface area contributed by atoms with Crippen LogP contribution >= 0.6 is 0 Å². The third kappa shape index (κ3) is 6.42. The molecule has 0 saturated heterocycles. The lowest BCUT2D eigenvalue weighted by Gasteiger charge is -2.25. The van der Waals surface area contributed by atoms with Gasteiger partial charge in [-0.25, -0.2) is 4.79 Å². The van der Waals surface area contributed by atoms with Crippen molar-refractivity contribution in [2.24, 2.45) is 10.7 Å². The maximum atomic E-state index is 13.0. The van der Waals surface area contributed by atoms with E-state index in [0.29, 0.717) is 32.7 Å². The van der Waals surface area contributed by atoms with Gasteiger partial charge in [0.25, 0.3) is 0 Å². The molecule has 0 spiro atoms. The number of nitrogens with two attached hydrogens (primary N) is 1. The number of nitrogens with zero attached hydrogens (tertiary/aromatic N) is 5. The Morgan fingerprint density at radius 3 is 2.66 bits per heavy atom. The Balaban J connectivity index is 0.00000204. The monoisotopic (exact) mass is 400 g/mol. The molecule has 160 valence electrons. The minimum atomic E-state index is -0.0384. The lowest BCUT2D eigenvalue weighted by molar-refractivity contribution is 0.436. The van der Waals surface area contributed by atoms with Gasteiger partial charge in [-0.1, -0.05) is 32.9 Å². The lowest BCUT2D eigenvalue weighted by atomic mass is 10.3. The molecular formula is C22H36N6O. The standard InChI is InChI=1S/C20H30N6O.C2H6/c1-4-10-23-19(24(12-5-2)14-7-9-21)16-26-18-15-22-11-8-17(18)25(13-6-3)20(26)27;1-2/h4-5,8,11,15H,1-2,6-7,9-10,12-14,16,21H2,3H3;1-2H3. The first-order chi connectivity index (χ1) is 14.2. The summed E-state index contributed by atoms with van der Waals surface area (Å²) >= 11 is 0. The predicted molar refractivity (Wildman–Crippen MR) is 124 cm³/mol. The van der Waals surface area contributed by atoms with E-state index >= 15 is 0 Å². The van der Waals surface area contributed by atoms with Gasteiger partial charge in [0, 0.05) is 25.8 Å². The number of hydrogen-bond donors (Lipinski definition) is 1. The van der Waals surface area contributed by atoms with Gasteiger partial charge in [0.05, 0.1) is 30.3 Å². The number of aliphatic imine (C=N–C) groups is 1. The molecule has 0 atom stereocenters. The maximum Gasteiger partial charge on any atom is 0.329 e. The topological polar surface area (TPSA) is 81.4 Å². The van der Waals surface area contributed by atoms with Gasteiger partial charge >= 0.3 is 5.69 Å². The van der Waals surface area contributed by atoms with Gasteiger partial charge < -0.3 is 10.6 Å². The first kappa shape index (κ1) is 24.4. The Bertz CT molecular complexity index is 849. The average Bonchev–Trinajstić information content (AvgIpc) is 3.01.